The average Bonchev–Trinajstić information content (AvgIpc) is 2.20. The maximum Gasteiger partial charge on any atom is 0.236 e. The molecular formula is C12H27N3OS. The summed E-state index contributed by atoms with van der Waals surface area (Å²) in [6.07, 6.45) is 2.76. The quantitative estimate of drug-likeness (QED) is 0.678. The molecule has 0 saturated carbocycles. The number of hydrogen-bond acceptors (Lipinski definition) is 4. The fraction of sp³-hybridized carbons (Fsp3) is 0.917. The number of hydrogen-bond donors (Lipinski definition) is 2. The molecule has 0 fully saturated rings. The standard InChI is InChI=1S/C12H27N3OS/c1-12(2,9-15(3)4)8-14-11(16)10(13)6-7-17-5/h10H,6-9,13H2,1-5H3,(H,14,16)/t10-/m1/s1. The first kappa shape index (κ1) is 16.7. The van der Waals surface area contributed by atoms with Gasteiger partial charge in [-0.3, -0.25) is 4.79 Å². The summed E-state index contributed by atoms with van der Waals surface area (Å²) in [6, 6.07) is -0.377. The number of nitrogens with one attached hydrogen (secondary N) is 1. The minimum absolute atomic E-state index is 0.0362. The SMILES string of the molecule is CSCC[C@@H](N)C(=O)NCC(C)(C)CN(C)C. The highest BCUT2D eigenvalue weighted by molar-refractivity contribution is 7.98. The minimum Gasteiger partial charge on any atom is -0.354 e. The minimum atomic E-state index is -0.377. The molecule has 0 heterocycles. The van der Waals surface area contributed by atoms with E-state index in [0.29, 0.717) is 6.54 Å². The summed E-state index contributed by atoms with van der Waals surface area (Å²) in [5.41, 5.74) is 5.87. The van der Waals surface area contributed by atoms with E-state index >= 15 is 0 Å². The van der Waals surface area contributed by atoms with Crippen LogP contribution in [0.1, 0.15) is 20.3 Å². The number of nitrogens with two attached hydrogens (primary N) is 1. The predicted molar refractivity (Wildman–Crippen MR) is 76.3 cm³/mol. The van der Waals surface area contributed by atoms with Crippen LogP contribution in [0, 0.1) is 5.41 Å². The Morgan fingerprint density at radius 3 is 2.53 bits per heavy atom. The molecule has 0 aliphatic rings. The van der Waals surface area contributed by atoms with Crippen LogP contribution in [0.4, 0.5) is 0 Å². The molecule has 3 N–H and O–H groups in total. The van der Waals surface area contributed by atoms with Gasteiger partial charge in [0.15, 0.2) is 0 Å². The van der Waals surface area contributed by atoms with E-state index in [0.717, 1.165) is 18.7 Å². The zero-order valence-electron chi connectivity index (χ0n) is 11.7. The predicted octanol–water partition coefficient (Wildman–Crippen LogP) is 0.771. The molecular weight excluding hydrogens is 234 g/mol. The summed E-state index contributed by atoms with van der Waals surface area (Å²) in [5.74, 6) is 0.890. The van der Waals surface area contributed by atoms with Crippen LogP contribution in [-0.4, -0.2) is 56.0 Å². The Balaban J connectivity index is 3.97. The molecule has 0 rings (SSSR count). The van der Waals surface area contributed by atoms with Crippen molar-refractivity contribution in [3.8, 4) is 0 Å². The second-order valence-electron chi connectivity index (χ2n) is 5.51. The van der Waals surface area contributed by atoms with Crippen LogP contribution >= 0.6 is 11.8 Å². The van der Waals surface area contributed by atoms with Crippen LogP contribution in [-0.2, 0) is 4.79 Å². The third-order valence-electron chi connectivity index (χ3n) is 2.46. The lowest BCUT2D eigenvalue weighted by Gasteiger charge is -2.29. The van der Waals surface area contributed by atoms with Crippen molar-refractivity contribution < 1.29 is 4.79 Å². The average molecular weight is 261 g/mol. The van der Waals surface area contributed by atoms with E-state index in [1.165, 1.54) is 0 Å². The summed E-state index contributed by atoms with van der Waals surface area (Å²) >= 11 is 1.71. The van der Waals surface area contributed by atoms with E-state index < -0.39 is 0 Å². The number of amides is 1. The lowest BCUT2D eigenvalue weighted by Crippen LogP contribution is -2.46. The lowest BCUT2D eigenvalue weighted by atomic mass is 9.93. The molecule has 1 atom stereocenters. The van der Waals surface area contributed by atoms with E-state index in [-0.39, 0.29) is 17.4 Å². The molecule has 0 aliphatic heterocycles. The van der Waals surface area contributed by atoms with Crippen molar-refractivity contribution in [2.24, 2.45) is 11.1 Å². The largest absolute Gasteiger partial charge is 0.354 e. The Morgan fingerprint density at radius 2 is 2.06 bits per heavy atom. The van der Waals surface area contributed by atoms with Crippen molar-refractivity contribution in [3.63, 3.8) is 0 Å². The molecule has 17 heavy (non-hydrogen) atoms. The molecule has 0 aromatic rings. The Hall–Kier alpha value is -0.260. The highest BCUT2D eigenvalue weighted by Crippen LogP contribution is 2.14. The Kier molecular flexibility index (Phi) is 7.83. The first-order chi connectivity index (χ1) is 7.78. The first-order valence-electron chi connectivity index (χ1n) is 5.95. The van der Waals surface area contributed by atoms with E-state index in [1.807, 2.05) is 20.4 Å². The van der Waals surface area contributed by atoms with Crippen molar-refractivity contribution in [1.82, 2.24) is 10.2 Å². The molecule has 0 radical (unpaired) electrons. The fourth-order valence-electron chi connectivity index (χ4n) is 1.75. The molecule has 0 saturated heterocycles. The van der Waals surface area contributed by atoms with Crippen LogP contribution in [0.5, 0.6) is 0 Å². The molecule has 5 heteroatoms. The van der Waals surface area contributed by atoms with Crippen molar-refractivity contribution in [3.05, 3.63) is 0 Å². The molecule has 0 aromatic carbocycles. The van der Waals surface area contributed by atoms with Crippen molar-refractivity contribution in [1.29, 1.82) is 0 Å². The van der Waals surface area contributed by atoms with E-state index in [9.17, 15) is 4.79 Å². The molecule has 102 valence electrons. The number of carbonyl (C=O) groups excluding carboxylic acids is 1. The summed E-state index contributed by atoms with van der Waals surface area (Å²) in [4.78, 5) is 13.8. The van der Waals surface area contributed by atoms with Gasteiger partial charge in [0.25, 0.3) is 0 Å². The van der Waals surface area contributed by atoms with Gasteiger partial charge in [0.2, 0.25) is 5.91 Å². The zero-order valence-corrected chi connectivity index (χ0v) is 12.6. The van der Waals surface area contributed by atoms with Gasteiger partial charge in [0.05, 0.1) is 6.04 Å². The van der Waals surface area contributed by atoms with Gasteiger partial charge >= 0.3 is 0 Å². The molecule has 0 aliphatic carbocycles. The van der Waals surface area contributed by atoms with Gasteiger partial charge in [-0.05, 0) is 37.9 Å². The van der Waals surface area contributed by atoms with Crippen molar-refractivity contribution in [2.45, 2.75) is 26.3 Å². The van der Waals surface area contributed by atoms with Gasteiger partial charge in [-0.25, -0.2) is 0 Å². The number of rotatable bonds is 8. The molecule has 0 aromatic heterocycles. The molecule has 4 nitrogen and oxygen atoms in total. The zero-order chi connectivity index (χ0) is 13.5. The van der Waals surface area contributed by atoms with Crippen LogP contribution in [0.25, 0.3) is 0 Å². The summed E-state index contributed by atoms with van der Waals surface area (Å²) < 4.78 is 0. The topological polar surface area (TPSA) is 58.4 Å². The number of carbonyl (C=O) groups is 1. The van der Waals surface area contributed by atoms with Gasteiger partial charge in [-0.15, -0.1) is 0 Å². The summed E-state index contributed by atoms with van der Waals surface area (Å²) in [5, 5.41) is 2.94. The van der Waals surface area contributed by atoms with E-state index in [1.54, 1.807) is 11.8 Å². The maximum absolute atomic E-state index is 11.7. The number of nitrogens with zero attached hydrogens (tertiary/aromatic N) is 1. The molecule has 0 spiro atoms. The van der Waals surface area contributed by atoms with E-state index in [4.69, 9.17) is 5.73 Å². The Labute approximate surface area is 110 Å². The third-order valence-corrected chi connectivity index (χ3v) is 3.10. The van der Waals surface area contributed by atoms with Gasteiger partial charge in [-0.2, -0.15) is 11.8 Å². The van der Waals surface area contributed by atoms with Crippen LogP contribution in [0.3, 0.4) is 0 Å². The Morgan fingerprint density at radius 1 is 1.47 bits per heavy atom. The second kappa shape index (κ2) is 7.95. The molecule has 0 bridgehead atoms. The normalized spacial score (nSPS) is 13.8. The van der Waals surface area contributed by atoms with Crippen molar-refractivity contribution >= 4 is 17.7 Å². The first-order valence-corrected chi connectivity index (χ1v) is 7.35. The van der Waals surface area contributed by atoms with Crippen LogP contribution in [0.15, 0.2) is 0 Å². The monoisotopic (exact) mass is 261 g/mol. The molecule has 1 amide bonds. The van der Waals surface area contributed by atoms with Crippen LogP contribution in [0.2, 0.25) is 0 Å². The van der Waals surface area contributed by atoms with Gasteiger partial charge < -0.3 is 16.0 Å². The second-order valence-corrected chi connectivity index (χ2v) is 6.49. The maximum atomic E-state index is 11.7. The van der Waals surface area contributed by atoms with Gasteiger partial charge in [0, 0.05) is 13.1 Å². The molecule has 0 unspecified atom stereocenters. The number of thioether (sulfide) groups is 1. The smallest absolute Gasteiger partial charge is 0.236 e. The Bertz CT molecular complexity index is 232. The van der Waals surface area contributed by atoms with Crippen LogP contribution < -0.4 is 11.1 Å². The lowest BCUT2D eigenvalue weighted by molar-refractivity contribution is -0.122. The van der Waals surface area contributed by atoms with Gasteiger partial charge in [-0.1, -0.05) is 13.8 Å². The fourth-order valence-corrected chi connectivity index (χ4v) is 2.23. The highest BCUT2D eigenvalue weighted by atomic mass is 32.2. The third kappa shape index (κ3) is 8.46. The summed E-state index contributed by atoms with van der Waals surface area (Å²) in [6.45, 7) is 5.88. The van der Waals surface area contributed by atoms with E-state index in [2.05, 4.69) is 24.1 Å². The van der Waals surface area contributed by atoms with Gasteiger partial charge in [0.1, 0.15) is 0 Å². The van der Waals surface area contributed by atoms with Crippen molar-refractivity contribution in [2.75, 3.05) is 39.2 Å². The summed E-state index contributed by atoms with van der Waals surface area (Å²) in [7, 11) is 4.07. The highest BCUT2D eigenvalue weighted by Gasteiger charge is 2.21.